The summed E-state index contributed by atoms with van der Waals surface area (Å²) in [5, 5.41) is 3.39. The summed E-state index contributed by atoms with van der Waals surface area (Å²) >= 11 is 0. The van der Waals surface area contributed by atoms with Crippen LogP contribution in [0.1, 0.15) is 49.3 Å². The van der Waals surface area contributed by atoms with Gasteiger partial charge in [0.1, 0.15) is 23.6 Å². The van der Waals surface area contributed by atoms with Gasteiger partial charge in [0.05, 0.1) is 53.4 Å². The maximum atomic E-state index is 13.0. The number of hydrogen-bond donors (Lipinski definition) is 2. The summed E-state index contributed by atoms with van der Waals surface area (Å²) in [7, 11) is 4.95. The van der Waals surface area contributed by atoms with Crippen LogP contribution in [0.4, 0.5) is 0 Å². The number of carbonyl (C=O) groups is 1. The molecule has 274 valence electrons. The van der Waals surface area contributed by atoms with Crippen molar-refractivity contribution >= 4 is 5.97 Å². The number of benzene rings is 3. The second kappa shape index (κ2) is 20.7. The first kappa shape index (κ1) is 38.9. The van der Waals surface area contributed by atoms with E-state index in [4.69, 9.17) is 43.6 Å². The number of methoxy groups -OCH3 is 3. The fourth-order valence-electron chi connectivity index (χ4n) is 5.72. The molecule has 4 rings (SSSR count). The van der Waals surface area contributed by atoms with E-state index in [1.807, 2.05) is 80.6 Å². The molecular formula is C39H54N2O9. The molecule has 0 aliphatic carbocycles. The smallest absolute Gasteiger partial charge is 0.323 e. The van der Waals surface area contributed by atoms with Gasteiger partial charge in [-0.05, 0) is 47.4 Å². The van der Waals surface area contributed by atoms with Crippen LogP contribution in [-0.2, 0) is 37.0 Å². The summed E-state index contributed by atoms with van der Waals surface area (Å²) in [6, 6.07) is 20.8. The minimum atomic E-state index is -0.715. The highest BCUT2D eigenvalue weighted by Crippen LogP contribution is 2.34. The third-order valence-corrected chi connectivity index (χ3v) is 8.61. The van der Waals surface area contributed by atoms with Crippen LogP contribution in [0.3, 0.4) is 0 Å². The molecule has 1 fully saturated rings. The highest BCUT2D eigenvalue weighted by atomic mass is 16.6. The molecule has 0 saturated carbocycles. The molecule has 1 saturated heterocycles. The van der Waals surface area contributed by atoms with E-state index in [1.165, 1.54) is 0 Å². The molecule has 50 heavy (non-hydrogen) atoms. The van der Waals surface area contributed by atoms with Crippen molar-refractivity contribution in [3.63, 3.8) is 0 Å². The van der Waals surface area contributed by atoms with E-state index >= 15 is 0 Å². The Labute approximate surface area is 296 Å². The van der Waals surface area contributed by atoms with Gasteiger partial charge in [0.25, 0.3) is 0 Å². The molecule has 1 aliphatic rings. The first-order chi connectivity index (χ1) is 24.3. The van der Waals surface area contributed by atoms with Crippen molar-refractivity contribution in [3.8, 4) is 23.0 Å². The third-order valence-electron chi connectivity index (χ3n) is 8.61. The summed E-state index contributed by atoms with van der Waals surface area (Å²) in [6.07, 6.45) is 0.728. The van der Waals surface area contributed by atoms with Crippen LogP contribution in [0.15, 0.2) is 66.7 Å². The number of nitrogens with one attached hydrogen (secondary N) is 1. The standard InChI is InChI=1S/C39H54N2O9/c1-27(2)38(40)39(42)50-36-24-41-23-35(49-25-28-12-17-33(45-5)34(22-28)48-21-8-18-43-3)37(36)29-13-15-31(16-14-29)47-20-9-19-46-26-30-10-6-7-11-32(30)44-4/h6-7,10-17,22,27,35-38,41H,8-9,18-21,23-26,40H2,1-5H3/t35-,36+,37+,38-/m0/s1. The van der Waals surface area contributed by atoms with Gasteiger partial charge in [-0.2, -0.15) is 0 Å². The SMILES string of the molecule is COCCCOc1cc(CO[C@H]2CNC[C@@H](OC(=O)[C@@H](N)C(C)C)[C@@H]2c2ccc(OCCCOCc3ccccc3OC)cc2)ccc1OC. The van der Waals surface area contributed by atoms with Gasteiger partial charge in [0.2, 0.25) is 0 Å². The summed E-state index contributed by atoms with van der Waals surface area (Å²) < 4.78 is 46.5. The predicted octanol–water partition coefficient (Wildman–Crippen LogP) is 5.27. The molecule has 4 atom stereocenters. The highest BCUT2D eigenvalue weighted by Gasteiger charge is 2.39. The van der Waals surface area contributed by atoms with E-state index in [9.17, 15) is 4.79 Å². The van der Waals surface area contributed by atoms with Gasteiger partial charge in [-0.25, -0.2) is 0 Å². The van der Waals surface area contributed by atoms with Crippen LogP contribution in [0, 0.1) is 5.92 Å². The number of carbonyl (C=O) groups excluding carboxylic acids is 1. The zero-order chi connectivity index (χ0) is 35.7. The van der Waals surface area contributed by atoms with Gasteiger partial charge < -0.3 is 48.9 Å². The fourth-order valence-corrected chi connectivity index (χ4v) is 5.72. The third kappa shape index (κ3) is 11.6. The van der Waals surface area contributed by atoms with Gasteiger partial charge in [-0.15, -0.1) is 0 Å². The van der Waals surface area contributed by atoms with Crippen molar-refractivity contribution in [3.05, 3.63) is 83.4 Å². The summed E-state index contributed by atoms with van der Waals surface area (Å²) in [6.45, 7) is 7.88. The average Bonchev–Trinajstić information content (AvgIpc) is 3.14. The lowest BCUT2D eigenvalue weighted by Gasteiger charge is -2.39. The number of ether oxygens (including phenoxy) is 8. The van der Waals surface area contributed by atoms with Crippen molar-refractivity contribution in [2.24, 2.45) is 11.7 Å². The van der Waals surface area contributed by atoms with Crippen LogP contribution in [0.5, 0.6) is 23.0 Å². The molecule has 3 aromatic carbocycles. The number of esters is 1. The Balaban J connectivity index is 1.39. The quantitative estimate of drug-likeness (QED) is 0.112. The van der Waals surface area contributed by atoms with Gasteiger partial charge in [0.15, 0.2) is 11.5 Å². The molecule has 0 aromatic heterocycles. The molecule has 3 aromatic rings. The van der Waals surface area contributed by atoms with E-state index in [0.29, 0.717) is 64.2 Å². The fraction of sp³-hybridized carbons (Fsp3) is 0.513. The lowest BCUT2D eigenvalue weighted by molar-refractivity contribution is -0.157. The number of nitrogens with two attached hydrogens (primary N) is 1. The second-order valence-electron chi connectivity index (χ2n) is 12.6. The van der Waals surface area contributed by atoms with Crippen molar-refractivity contribution in [2.75, 3.05) is 60.8 Å². The second-order valence-corrected chi connectivity index (χ2v) is 12.6. The van der Waals surface area contributed by atoms with Crippen LogP contribution in [-0.4, -0.2) is 85.1 Å². The maximum Gasteiger partial charge on any atom is 0.323 e. The van der Waals surface area contributed by atoms with Gasteiger partial charge in [-0.1, -0.05) is 50.2 Å². The predicted molar refractivity (Wildman–Crippen MR) is 191 cm³/mol. The molecule has 0 bridgehead atoms. The first-order valence-electron chi connectivity index (χ1n) is 17.3. The number of piperidine rings is 1. The van der Waals surface area contributed by atoms with Crippen molar-refractivity contribution < 1.29 is 42.7 Å². The Morgan fingerprint density at radius 3 is 2.26 bits per heavy atom. The minimum Gasteiger partial charge on any atom is -0.496 e. The van der Waals surface area contributed by atoms with E-state index in [-0.39, 0.29) is 17.9 Å². The summed E-state index contributed by atoms with van der Waals surface area (Å²) in [4.78, 5) is 13.0. The molecule has 0 spiro atoms. The van der Waals surface area contributed by atoms with Crippen molar-refractivity contribution in [1.29, 1.82) is 0 Å². The number of rotatable bonds is 21. The highest BCUT2D eigenvalue weighted by molar-refractivity contribution is 5.76. The largest absolute Gasteiger partial charge is 0.496 e. The number of para-hydroxylation sites is 1. The van der Waals surface area contributed by atoms with Crippen LogP contribution in [0.2, 0.25) is 0 Å². The Morgan fingerprint density at radius 1 is 0.800 bits per heavy atom. The number of hydrogen-bond acceptors (Lipinski definition) is 11. The molecule has 11 heteroatoms. The Kier molecular flexibility index (Phi) is 16.1. The maximum absolute atomic E-state index is 13.0. The molecule has 1 aliphatic heterocycles. The zero-order valence-corrected chi connectivity index (χ0v) is 30.1. The van der Waals surface area contributed by atoms with E-state index in [2.05, 4.69) is 5.32 Å². The Bertz CT molecular complexity index is 1440. The van der Waals surface area contributed by atoms with Crippen molar-refractivity contribution in [2.45, 2.75) is 64.1 Å². The summed E-state index contributed by atoms with van der Waals surface area (Å²) in [5.41, 5.74) is 9.10. The van der Waals surface area contributed by atoms with Gasteiger partial charge >= 0.3 is 5.97 Å². The lowest BCUT2D eigenvalue weighted by atomic mass is 9.85. The molecule has 11 nitrogen and oxygen atoms in total. The molecule has 0 amide bonds. The molecule has 0 unspecified atom stereocenters. The normalized spacial score (nSPS) is 18.0. The molecule has 0 radical (unpaired) electrons. The van der Waals surface area contributed by atoms with Crippen LogP contribution in [0.25, 0.3) is 0 Å². The molecular weight excluding hydrogens is 640 g/mol. The van der Waals surface area contributed by atoms with Gasteiger partial charge in [-0.3, -0.25) is 4.79 Å². The zero-order valence-electron chi connectivity index (χ0n) is 30.1. The first-order valence-corrected chi connectivity index (χ1v) is 17.3. The minimum absolute atomic E-state index is 0.0477. The Morgan fingerprint density at radius 2 is 1.52 bits per heavy atom. The average molecular weight is 695 g/mol. The summed E-state index contributed by atoms with van der Waals surface area (Å²) in [5.74, 6) is 2.16. The Hall–Kier alpha value is -3.87. The topological polar surface area (TPSA) is 129 Å². The van der Waals surface area contributed by atoms with E-state index < -0.39 is 18.1 Å². The molecule has 1 heterocycles. The van der Waals surface area contributed by atoms with E-state index in [1.54, 1.807) is 21.3 Å². The van der Waals surface area contributed by atoms with Crippen LogP contribution >= 0.6 is 0 Å². The molecule has 3 N–H and O–H groups in total. The van der Waals surface area contributed by atoms with Crippen LogP contribution < -0.4 is 30.0 Å². The van der Waals surface area contributed by atoms with Crippen molar-refractivity contribution in [1.82, 2.24) is 5.32 Å². The lowest BCUT2D eigenvalue weighted by Crippen LogP contribution is -2.52. The van der Waals surface area contributed by atoms with E-state index in [0.717, 1.165) is 41.0 Å². The monoisotopic (exact) mass is 694 g/mol. The van der Waals surface area contributed by atoms with Gasteiger partial charge in [0, 0.05) is 51.1 Å².